The molecular weight excluding hydrogens is 286 g/mol. The molecule has 1 aliphatic heterocycles. The van der Waals surface area contributed by atoms with Crippen LogP contribution >= 0.6 is 0 Å². The molecule has 1 saturated heterocycles. The summed E-state index contributed by atoms with van der Waals surface area (Å²) < 4.78 is 28.6. The molecule has 0 aliphatic carbocycles. The second-order valence-electron chi connectivity index (χ2n) is 5.90. The van der Waals surface area contributed by atoms with Crippen LogP contribution in [0.1, 0.15) is 52.9 Å². The van der Waals surface area contributed by atoms with E-state index in [4.69, 9.17) is 0 Å². The zero-order valence-electron chi connectivity index (χ0n) is 14.0. The zero-order valence-corrected chi connectivity index (χ0v) is 14.8. The molecule has 0 atom stereocenters. The zero-order chi connectivity index (χ0) is 15.7. The van der Waals surface area contributed by atoms with Crippen molar-refractivity contribution in [1.82, 2.24) is 13.9 Å². The summed E-state index contributed by atoms with van der Waals surface area (Å²) in [5.41, 5.74) is 0. The third kappa shape index (κ3) is 5.85. The van der Waals surface area contributed by atoms with Crippen LogP contribution in [0.3, 0.4) is 0 Å². The molecule has 0 radical (unpaired) electrons. The van der Waals surface area contributed by atoms with E-state index in [0.717, 1.165) is 45.2 Å². The van der Waals surface area contributed by atoms with Crippen molar-refractivity contribution in [3.05, 3.63) is 0 Å². The first-order valence-corrected chi connectivity index (χ1v) is 9.91. The summed E-state index contributed by atoms with van der Waals surface area (Å²) in [7, 11) is -3.25. The van der Waals surface area contributed by atoms with Crippen LogP contribution in [0.25, 0.3) is 0 Å². The van der Waals surface area contributed by atoms with E-state index in [9.17, 15) is 8.42 Å². The molecule has 0 saturated carbocycles. The van der Waals surface area contributed by atoms with Crippen LogP contribution in [-0.2, 0) is 10.2 Å². The standard InChI is InChI=1S/C15H33N3O2S/c1-4-7-11-17(6-3)21(19,20)18-12-8-15(9-13-18)14-16-10-5-2/h15-16H,4-14H2,1-3H3. The van der Waals surface area contributed by atoms with E-state index in [2.05, 4.69) is 19.2 Å². The van der Waals surface area contributed by atoms with Crippen molar-refractivity contribution in [3.63, 3.8) is 0 Å². The number of unbranched alkanes of at least 4 members (excludes halogenated alkanes) is 1. The third-order valence-corrected chi connectivity index (χ3v) is 6.31. The minimum atomic E-state index is -3.25. The highest BCUT2D eigenvalue weighted by Gasteiger charge is 2.31. The predicted molar refractivity (Wildman–Crippen MR) is 88.5 cm³/mol. The average molecular weight is 320 g/mol. The second kappa shape index (κ2) is 9.77. The Morgan fingerprint density at radius 1 is 1.14 bits per heavy atom. The quantitative estimate of drug-likeness (QED) is 0.627. The number of hydrogen-bond donors (Lipinski definition) is 1. The molecule has 1 rings (SSSR count). The monoisotopic (exact) mass is 319 g/mol. The molecule has 5 nitrogen and oxygen atoms in total. The second-order valence-corrected chi connectivity index (χ2v) is 7.83. The van der Waals surface area contributed by atoms with Crippen molar-refractivity contribution < 1.29 is 8.42 Å². The van der Waals surface area contributed by atoms with Crippen molar-refractivity contribution in [3.8, 4) is 0 Å². The van der Waals surface area contributed by atoms with Gasteiger partial charge in [-0.3, -0.25) is 0 Å². The highest BCUT2D eigenvalue weighted by Crippen LogP contribution is 2.21. The molecule has 0 amide bonds. The van der Waals surface area contributed by atoms with Crippen LogP contribution in [0.4, 0.5) is 0 Å². The third-order valence-electron chi connectivity index (χ3n) is 4.20. The van der Waals surface area contributed by atoms with Gasteiger partial charge in [0.1, 0.15) is 0 Å². The van der Waals surface area contributed by atoms with E-state index in [0.29, 0.717) is 32.1 Å². The van der Waals surface area contributed by atoms with Gasteiger partial charge in [0.05, 0.1) is 0 Å². The van der Waals surface area contributed by atoms with Crippen molar-refractivity contribution in [1.29, 1.82) is 0 Å². The Bertz CT molecular complexity index is 365. The van der Waals surface area contributed by atoms with Gasteiger partial charge in [0.2, 0.25) is 0 Å². The SMILES string of the molecule is CCCCN(CC)S(=O)(=O)N1CCC(CNCCC)CC1. The van der Waals surface area contributed by atoms with Crippen LogP contribution in [0, 0.1) is 5.92 Å². The summed E-state index contributed by atoms with van der Waals surface area (Å²) in [6.07, 6.45) is 5.06. The Morgan fingerprint density at radius 3 is 2.33 bits per heavy atom. The van der Waals surface area contributed by atoms with E-state index in [1.165, 1.54) is 0 Å². The van der Waals surface area contributed by atoms with Gasteiger partial charge >= 0.3 is 0 Å². The Morgan fingerprint density at radius 2 is 1.81 bits per heavy atom. The number of nitrogens with zero attached hydrogens (tertiary/aromatic N) is 2. The van der Waals surface area contributed by atoms with Crippen LogP contribution in [-0.4, -0.2) is 56.3 Å². The lowest BCUT2D eigenvalue weighted by atomic mass is 9.98. The van der Waals surface area contributed by atoms with Gasteiger partial charge in [-0.1, -0.05) is 27.2 Å². The van der Waals surface area contributed by atoms with E-state index in [1.54, 1.807) is 8.61 Å². The lowest BCUT2D eigenvalue weighted by Crippen LogP contribution is -2.48. The maximum atomic E-state index is 12.6. The predicted octanol–water partition coefficient (Wildman–Crippen LogP) is 2.06. The molecule has 0 aromatic carbocycles. The Balaban J connectivity index is 2.47. The first-order valence-electron chi connectivity index (χ1n) is 8.52. The molecule has 1 N–H and O–H groups in total. The minimum Gasteiger partial charge on any atom is -0.316 e. The fourth-order valence-corrected chi connectivity index (χ4v) is 4.45. The van der Waals surface area contributed by atoms with Crippen molar-refractivity contribution in [2.24, 2.45) is 5.92 Å². The molecule has 0 bridgehead atoms. The Kier molecular flexibility index (Phi) is 8.78. The maximum Gasteiger partial charge on any atom is 0.281 e. The molecule has 1 aliphatic rings. The summed E-state index contributed by atoms with van der Waals surface area (Å²) in [5, 5.41) is 3.44. The molecule has 126 valence electrons. The van der Waals surface area contributed by atoms with Gasteiger partial charge in [-0.15, -0.1) is 0 Å². The van der Waals surface area contributed by atoms with E-state index >= 15 is 0 Å². The Hall–Kier alpha value is -0.170. The lowest BCUT2D eigenvalue weighted by molar-refractivity contribution is 0.250. The summed E-state index contributed by atoms with van der Waals surface area (Å²) >= 11 is 0. The highest BCUT2D eigenvalue weighted by molar-refractivity contribution is 7.86. The highest BCUT2D eigenvalue weighted by atomic mass is 32.2. The molecule has 1 fully saturated rings. The van der Waals surface area contributed by atoms with Gasteiger partial charge in [0, 0.05) is 26.2 Å². The van der Waals surface area contributed by atoms with Gasteiger partial charge in [-0.25, -0.2) is 0 Å². The van der Waals surface area contributed by atoms with Crippen molar-refractivity contribution in [2.75, 3.05) is 39.3 Å². The van der Waals surface area contributed by atoms with E-state index < -0.39 is 10.2 Å². The lowest BCUT2D eigenvalue weighted by Gasteiger charge is -2.34. The number of nitrogens with one attached hydrogen (secondary N) is 1. The minimum absolute atomic E-state index is 0.570. The molecular formula is C15H33N3O2S. The molecule has 0 aromatic rings. The molecule has 1 heterocycles. The summed E-state index contributed by atoms with van der Waals surface area (Å²) in [6, 6.07) is 0. The van der Waals surface area contributed by atoms with Gasteiger partial charge in [-0.2, -0.15) is 17.0 Å². The number of rotatable bonds is 10. The van der Waals surface area contributed by atoms with Crippen molar-refractivity contribution in [2.45, 2.75) is 52.9 Å². The molecule has 0 unspecified atom stereocenters. The average Bonchev–Trinajstić information content (AvgIpc) is 2.48. The fraction of sp³-hybridized carbons (Fsp3) is 1.00. The van der Waals surface area contributed by atoms with Crippen LogP contribution in [0.15, 0.2) is 0 Å². The smallest absolute Gasteiger partial charge is 0.281 e. The molecule has 0 spiro atoms. The van der Waals surface area contributed by atoms with Crippen LogP contribution in [0.5, 0.6) is 0 Å². The normalized spacial score (nSPS) is 18.5. The fourth-order valence-electron chi connectivity index (χ4n) is 2.76. The molecule has 21 heavy (non-hydrogen) atoms. The van der Waals surface area contributed by atoms with Gasteiger partial charge in [0.15, 0.2) is 0 Å². The summed E-state index contributed by atoms with van der Waals surface area (Å²) in [5.74, 6) is 0.619. The molecule has 0 aromatic heterocycles. The topological polar surface area (TPSA) is 52.7 Å². The van der Waals surface area contributed by atoms with E-state index in [1.807, 2.05) is 6.92 Å². The largest absolute Gasteiger partial charge is 0.316 e. The van der Waals surface area contributed by atoms with E-state index in [-0.39, 0.29) is 0 Å². The first kappa shape index (κ1) is 18.9. The summed E-state index contributed by atoms with van der Waals surface area (Å²) in [6.45, 7) is 10.8. The van der Waals surface area contributed by atoms with Gasteiger partial charge in [-0.05, 0) is 44.7 Å². The van der Waals surface area contributed by atoms with Crippen LogP contribution < -0.4 is 5.32 Å². The number of hydrogen-bond acceptors (Lipinski definition) is 3. The van der Waals surface area contributed by atoms with Gasteiger partial charge in [0.25, 0.3) is 10.2 Å². The van der Waals surface area contributed by atoms with Crippen LogP contribution in [0.2, 0.25) is 0 Å². The maximum absolute atomic E-state index is 12.6. The first-order chi connectivity index (χ1) is 10.1. The number of piperidine rings is 1. The van der Waals surface area contributed by atoms with Gasteiger partial charge < -0.3 is 5.32 Å². The van der Waals surface area contributed by atoms with Crippen molar-refractivity contribution >= 4 is 10.2 Å². The molecule has 6 heteroatoms. The Labute approximate surface area is 131 Å². The summed E-state index contributed by atoms with van der Waals surface area (Å²) in [4.78, 5) is 0.